The zero-order valence-corrected chi connectivity index (χ0v) is 18.3. The van der Waals surface area contributed by atoms with Crippen molar-refractivity contribution in [3.05, 3.63) is 35.4 Å². The average molecular weight is 440 g/mol. The van der Waals surface area contributed by atoms with E-state index >= 15 is 0 Å². The number of rotatable bonds is 7. The summed E-state index contributed by atoms with van der Waals surface area (Å²) in [5, 5.41) is 5.35. The van der Waals surface area contributed by atoms with Gasteiger partial charge < -0.3 is 20.3 Å². The maximum Gasteiger partial charge on any atom is 0.407 e. The van der Waals surface area contributed by atoms with E-state index in [9.17, 15) is 23.2 Å². The number of nitrogens with one attached hydrogen (secondary N) is 2. The summed E-state index contributed by atoms with van der Waals surface area (Å²) in [4.78, 5) is 38.2. The van der Waals surface area contributed by atoms with Gasteiger partial charge in [0.25, 0.3) is 0 Å². The van der Waals surface area contributed by atoms with Crippen molar-refractivity contribution in [3.8, 4) is 0 Å². The first-order valence-corrected chi connectivity index (χ1v) is 10.5. The number of piperidine rings is 1. The van der Waals surface area contributed by atoms with Crippen LogP contribution in [0.15, 0.2) is 18.2 Å². The van der Waals surface area contributed by atoms with Gasteiger partial charge in [0.2, 0.25) is 11.8 Å². The van der Waals surface area contributed by atoms with Gasteiger partial charge in [0.1, 0.15) is 5.60 Å². The molecule has 0 bridgehead atoms. The van der Waals surface area contributed by atoms with E-state index in [-0.39, 0.29) is 37.2 Å². The van der Waals surface area contributed by atoms with Crippen LogP contribution in [-0.4, -0.2) is 54.6 Å². The molecule has 1 atom stereocenters. The summed E-state index contributed by atoms with van der Waals surface area (Å²) in [5.74, 6) is -2.44. The van der Waals surface area contributed by atoms with Crippen molar-refractivity contribution in [1.29, 1.82) is 0 Å². The average Bonchev–Trinajstić information content (AvgIpc) is 2.70. The quantitative estimate of drug-likeness (QED) is 0.640. The van der Waals surface area contributed by atoms with Crippen LogP contribution in [0.2, 0.25) is 0 Å². The Hall–Kier alpha value is -2.71. The summed E-state index contributed by atoms with van der Waals surface area (Å²) in [6.45, 7) is 6.69. The minimum Gasteiger partial charge on any atom is -0.444 e. The fraction of sp³-hybridized carbons (Fsp3) is 0.591. The summed E-state index contributed by atoms with van der Waals surface area (Å²) >= 11 is 0. The van der Waals surface area contributed by atoms with E-state index in [0.717, 1.165) is 12.1 Å². The van der Waals surface area contributed by atoms with Crippen LogP contribution in [0.3, 0.4) is 0 Å². The van der Waals surface area contributed by atoms with E-state index < -0.39 is 23.3 Å². The molecule has 2 rings (SSSR count). The third-order valence-electron chi connectivity index (χ3n) is 4.85. The van der Waals surface area contributed by atoms with Crippen LogP contribution in [0.4, 0.5) is 13.6 Å². The summed E-state index contributed by atoms with van der Waals surface area (Å²) in [6.07, 6.45) is 1.32. The Morgan fingerprint density at radius 2 is 1.84 bits per heavy atom. The molecule has 0 saturated carbocycles. The second kappa shape index (κ2) is 11.1. The van der Waals surface area contributed by atoms with E-state index in [0.29, 0.717) is 37.9 Å². The topological polar surface area (TPSA) is 87.7 Å². The maximum atomic E-state index is 13.3. The Morgan fingerprint density at radius 1 is 1.13 bits per heavy atom. The Bertz CT molecular complexity index is 795. The lowest BCUT2D eigenvalue weighted by molar-refractivity contribution is -0.135. The number of carbonyl (C=O) groups is 3. The number of amides is 3. The number of hydrogen-bond donors (Lipinski definition) is 2. The van der Waals surface area contributed by atoms with Crippen molar-refractivity contribution in [2.75, 3.05) is 26.2 Å². The van der Waals surface area contributed by atoms with E-state index in [1.54, 1.807) is 25.7 Å². The summed E-state index contributed by atoms with van der Waals surface area (Å²) in [6, 6.07) is 3.61. The second-order valence-electron chi connectivity index (χ2n) is 8.65. The Balaban J connectivity index is 1.72. The van der Waals surface area contributed by atoms with Gasteiger partial charge in [-0.05, 0) is 57.7 Å². The number of carbonyl (C=O) groups excluding carboxylic acids is 3. The van der Waals surface area contributed by atoms with Gasteiger partial charge in [-0.3, -0.25) is 9.59 Å². The van der Waals surface area contributed by atoms with E-state index in [4.69, 9.17) is 4.74 Å². The summed E-state index contributed by atoms with van der Waals surface area (Å²) in [7, 11) is 0. The molecule has 31 heavy (non-hydrogen) atoms. The third kappa shape index (κ3) is 8.51. The highest BCUT2D eigenvalue weighted by Crippen LogP contribution is 2.18. The molecule has 172 valence electrons. The van der Waals surface area contributed by atoms with Gasteiger partial charge in [0.15, 0.2) is 11.6 Å². The molecule has 1 unspecified atom stereocenters. The number of hydrogen-bond acceptors (Lipinski definition) is 4. The Labute approximate surface area is 181 Å². The highest BCUT2D eigenvalue weighted by Gasteiger charge is 2.28. The van der Waals surface area contributed by atoms with Crippen LogP contribution in [0, 0.1) is 17.6 Å². The molecule has 0 spiro atoms. The minimum absolute atomic E-state index is 0.117. The number of alkyl carbamates (subject to hydrolysis) is 1. The highest BCUT2D eigenvalue weighted by atomic mass is 19.2. The van der Waals surface area contributed by atoms with Crippen LogP contribution in [0.5, 0.6) is 0 Å². The van der Waals surface area contributed by atoms with Gasteiger partial charge in [0, 0.05) is 32.6 Å². The van der Waals surface area contributed by atoms with Crippen LogP contribution in [0.25, 0.3) is 0 Å². The lowest BCUT2D eigenvalue weighted by Gasteiger charge is -2.32. The lowest BCUT2D eigenvalue weighted by atomic mass is 9.96. The van der Waals surface area contributed by atoms with Crippen LogP contribution < -0.4 is 10.6 Å². The first-order valence-electron chi connectivity index (χ1n) is 10.5. The molecule has 2 N–H and O–H groups in total. The molecule has 0 aliphatic carbocycles. The van der Waals surface area contributed by atoms with Gasteiger partial charge in [-0.25, -0.2) is 13.6 Å². The number of nitrogens with zero attached hydrogens (tertiary/aromatic N) is 1. The molecule has 3 amide bonds. The Kier molecular flexibility index (Phi) is 8.76. The minimum atomic E-state index is -0.930. The number of benzene rings is 1. The molecule has 0 aromatic heterocycles. The zero-order valence-electron chi connectivity index (χ0n) is 18.3. The number of likely N-dealkylation sites (tertiary alicyclic amines) is 1. The molecule has 1 aromatic rings. The molecule has 0 radical (unpaired) electrons. The van der Waals surface area contributed by atoms with Gasteiger partial charge >= 0.3 is 6.09 Å². The maximum absolute atomic E-state index is 13.3. The molecule has 7 nitrogen and oxygen atoms in total. The molecular formula is C22H31F2N3O4. The van der Waals surface area contributed by atoms with Gasteiger partial charge in [0.05, 0.1) is 5.92 Å². The van der Waals surface area contributed by atoms with Crippen molar-refractivity contribution in [1.82, 2.24) is 15.5 Å². The van der Waals surface area contributed by atoms with Crippen LogP contribution in [-0.2, 0) is 20.7 Å². The largest absolute Gasteiger partial charge is 0.444 e. The lowest BCUT2D eigenvalue weighted by Crippen LogP contribution is -2.46. The predicted molar refractivity (Wildman–Crippen MR) is 111 cm³/mol. The van der Waals surface area contributed by atoms with Crippen molar-refractivity contribution in [3.63, 3.8) is 0 Å². The van der Waals surface area contributed by atoms with Crippen molar-refractivity contribution in [2.24, 2.45) is 5.92 Å². The zero-order chi connectivity index (χ0) is 23.0. The standard InChI is InChI=1S/C22H31F2N3O4/c1-22(2,3)31-21(30)26-11-10-25-20(29)16-5-4-12-27(14-16)19(28)9-7-15-6-8-17(23)18(24)13-15/h6,8,13,16H,4-5,7,9-12,14H2,1-3H3,(H,25,29)(H,26,30). The molecular weight excluding hydrogens is 408 g/mol. The third-order valence-corrected chi connectivity index (χ3v) is 4.85. The van der Waals surface area contributed by atoms with Crippen LogP contribution >= 0.6 is 0 Å². The van der Waals surface area contributed by atoms with Crippen molar-refractivity contribution in [2.45, 2.75) is 52.1 Å². The second-order valence-corrected chi connectivity index (χ2v) is 8.65. The molecule has 1 fully saturated rings. The summed E-state index contributed by atoms with van der Waals surface area (Å²) < 4.78 is 31.4. The van der Waals surface area contributed by atoms with E-state index in [1.807, 2.05) is 0 Å². The van der Waals surface area contributed by atoms with E-state index in [2.05, 4.69) is 10.6 Å². The Morgan fingerprint density at radius 3 is 2.52 bits per heavy atom. The molecule has 1 heterocycles. The van der Waals surface area contributed by atoms with Crippen molar-refractivity contribution < 1.29 is 27.9 Å². The SMILES string of the molecule is CC(C)(C)OC(=O)NCCNC(=O)C1CCCN(C(=O)CCc2ccc(F)c(F)c2)C1. The van der Waals surface area contributed by atoms with E-state index in [1.165, 1.54) is 6.07 Å². The highest BCUT2D eigenvalue weighted by molar-refractivity contribution is 5.81. The first kappa shape index (κ1) is 24.6. The van der Waals surface area contributed by atoms with Gasteiger partial charge in [-0.2, -0.15) is 0 Å². The number of halogens is 2. The fourth-order valence-electron chi connectivity index (χ4n) is 3.33. The molecule has 1 aliphatic heterocycles. The van der Waals surface area contributed by atoms with Crippen molar-refractivity contribution >= 4 is 17.9 Å². The normalized spacial score (nSPS) is 16.5. The predicted octanol–water partition coefficient (Wildman–Crippen LogP) is 2.78. The van der Waals surface area contributed by atoms with Gasteiger partial charge in [-0.1, -0.05) is 6.07 Å². The number of ether oxygens (including phenoxy) is 1. The smallest absolute Gasteiger partial charge is 0.407 e. The van der Waals surface area contributed by atoms with Crippen LogP contribution in [0.1, 0.15) is 45.6 Å². The first-order chi connectivity index (χ1) is 14.5. The molecule has 9 heteroatoms. The van der Waals surface area contributed by atoms with Gasteiger partial charge in [-0.15, -0.1) is 0 Å². The number of aryl methyl sites for hydroxylation is 1. The molecule has 1 aromatic carbocycles. The summed E-state index contributed by atoms with van der Waals surface area (Å²) in [5.41, 5.74) is -0.0351. The molecule has 1 aliphatic rings. The molecule has 1 saturated heterocycles. The fourth-order valence-corrected chi connectivity index (χ4v) is 3.33. The monoisotopic (exact) mass is 439 g/mol.